The monoisotopic (exact) mass is 399 g/mol. The molecule has 0 aromatic heterocycles. The van der Waals surface area contributed by atoms with Gasteiger partial charge in [-0.15, -0.1) is 0 Å². The number of nitrogens with zero attached hydrogens (tertiary/aromatic N) is 1. The van der Waals surface area contributed by atoms with E-state index in [1.54, 1.807) is 24.3 Å². The highest BCUT2D eigenvalue weighted by Crippen LogP contribution is 2.29. The number of hydrogen-bond acceptors (Lipinski definition) is 4. The summed E-state index contributed by atoms with van der Waals surface area (Å²) < 4.78 is 43.0. The standard InChI is InChI=1S/C18H20F3N3O4/c19-18(20,21)17(27)24-9-6-11(7-10-24)15(25)22-8-5-14-16(26)23-12-3-1-2-4-13(12)28-14/h1-4,11,14H,5-10H2,(H,22,25)(H,23,26). The van der Waals surface area contributed by atoms with Gasteiger partial charge in [-0.3, -0.25) is 14.4 Å². The Labute approximate surface area is 159 Å². The first kappa shape index (κ1) is 20.0. The van der Waals surface area contributed by atoms with Crippen LogP contribution >= 0.6 is 0 Å². The minimum Gasteiger partial charge on any atom is -0.478 e. The lowest BCUT2D eigenvalue weighted by atomic mass is 9.95. The Morgan fingerprint density at radius 3 is 2.57 bits per heavy atom. The quantitative estimate of drug-likeness (QED) is 0.807. The van der Waals surface area contributed by atoms with Crippen molar-refractivity contribution in [2.45, 2.75) is 31.5 Å². The van der Waals surface area contributed by atoms with E-state index >= 15 is 0 Å². The molecule has 7 nitrogen and oxygen atoms in total. The molecule has 1 aromatic rings. The number of nitrogens with one attached hydrogen (secondary N) is 2. The van der Waals surface area contributed by atoms with Crippen LogP contribution < -0.4 is 15.4 Å². The first-order valence-electron chi connectivity index (χ1n) is 8.96. The first-order valence-corrected chi connectivity index (χ1v) is 8.96. The van der Waals surface area contributed by atoms with E-state index in [0.717, 1.165) is 4.90 Å². The number of halogens is 3. The third-order valence-corrected chi connectivity index (χ3v) is 4.81. The van der Waals surface area contributed by atoms with Crippen molar-refractivity contribution < 1.29 is 32.3 Å². The molecular formula is C18H20F3N3O4. The van der Waals surface area contributed by atoms with Gasteiger partial charge in [-0.2, -0.15) is 13.2 Å². The fourth-order valence-electron chi connectivity index (χ4n) is 3.28. The predicted molar refractivity (Wildman–Crippen MR) is 92.5 cm³/mol. The summed E-state index contributed by atoms with van der Waals surface area (Å²) in [6.45, 7) is -0.0243. The fraction of sp³-hybridized carbons (Fsp3) is 0.500. The number of ether oxygens (including phenoxy) is 1. The van der Waals surface area contributed by atoms with E-state index in [4.69, 9.17) is 4.74 Å². The molecule has 1 unspecified atom stereocenters. The molecule has 0 bridgehead atoms. The molecule has 0 radical (unpaired) electrons. The second-order valence-electron chi connectivity index (χ2n) is 6.74. The number of amides is 3. The van der Waals surface area contributed by atoms with Gasteiger partial charge < -0.3 is 20.3 Å². The topological polar surface area (TPSA) is 87.7 Å². The van der Waals surface area contributed by atoms with Crippen molar-refractivity contribution in [3.63, 3.8) is 0 Å². The largest absolute Gasteiger partial charge is 0.478 e. The van der Waals surface area contributed by atoms with Crippen molar-refractivity contribution in [3.8, 4) is 5.75 Å². The molecular weight excluding hydrogens is 379 g/mol. The van der Waals surface area contributed by atoms with E-state index in [2.05, 4.69) is 10.6 Å². The van der Waals surface area contributed by atoms with Gasteiger partial charge in [-0.25, -0.2) is 0 Å². The molecule has 0 aliphatic carbocycles. The SMILES string of the molecule is O=C(NCCC1Oc2ccccc2NC1=O)C1CCN(C(=O)C(F)(F)F)CC1. The fourth-order valence-corrected chi connectivity index (χ4v) is 3.28. The van der Waals surface area contributed by atoms with Gasteiger partial charge in [0.25, 0.3) is 5.91 Å². The lowest BCUT2D eigenvalue weighted by Crippen LogP contribution is -2.48. The summed E-state index contributed by atoms with van der Waals surface area (Å²) in [4.78, 5) is 36.2. The van der Waals surface area contributed by atoms with Crippen LogP contribution in [0.2, 0.25) is 0 Å². The molecule has 3 rings (SSSR count). The van der Waals surface area contributed by atoms with Gasteiger partial charge >= 0.3 is 12.1 Å². The van der Waals surface area contributed by atoms with Gasteiger partial charge in [-0.1, -0.05) is 12.1 Å². The maximum Gasteiger partial charge on any atom is 0.471 e. The van der Waals surface area contributed by atoms with Crippen molar-refractivity contribution >= 4 is 23.4 Å². The minimum absolute atomic E-state index is 0.110. The Balaban J connectivity index is 1.42. The normalized spacial score (nSPS) is 20.0. The van der Waals surface area contributed by atoms with Crippen LogP contribution in [0.1, 0.15) is 19.3 Å². The summed E-state index contributed by atoms with van der Waals surface area (Å²) in [6.07, 6.45) is -5.03. The van der Waals surface area contributed by atoms with Crippen molar-refractivity contribution in [2.24, 2.45) is 5.92 Å². The highest BCUT2D eigenvalue weighted by molar-refractivity contribution is 5.97. The molecule has 0 spiro atoms. The number of carbonyl (C=O) groups excluding carboxylic acids is 3. The maximum atomic E-state index is 12.4. The van der Waals surface area contributed by atoms with Crippen molar-refractivity contribution in [1.82, 2.24) is 10.2 Å². The van der Waals surface area contributed by atoms with Crippen LogP contribution in [0.4, 0.5) is 18.9 Å². The summed E-state index contributed by atoms with van der Waals surface area (Å²) in [5.41, 5.74) is 0.591. The second kappa shape index (κ2) is 8.07. The molecule has 2 aliphatic heterocycles. The van der Waals surface area contributed by atoms with Gasteiger partial charge in [0.2, 0.25) is 5.91 Å². The average Bonchev–Trinajstić information content (AvgIpc) is 2.67. The zero-order valence-electron chi connectivity index (χ0n) is 14.9. The van der Waals surface area contributed by atoms with E-state index < -0.39 is 24.1 Å². The van der Waals surface area contributed by atoms with Crippen LogP contribution in [0, 0.1) is 5.92 Å². The van der Waals surface area contributed by atoms with Crippen molar-refractivity contribution in [3.05, 3.63) is 24.3 Å². The van der Waals surface area contributed by atoms with Gasteiger partial charge in [0.1, 0.15) is 5.75 Å². The Kier molecular flexibility index (Phi) is 5.76. The Hall–Kier alpha value is -2.78. The lowest BCUT2D eigenvalue weighted by molar-refractivity contribution is -0.186. The molecule has 2 aliphatic rings. The molecule has 1 atom stereocenters. The van der Waals surface area contributed by atoms with Gasteiger partial charge in [0, 0.05) is 32.0 Å². The molecule has 0 saturated carbocycles. The van der Waals surface area contributed by atoms with Gasteiger partial charge in [-0.05, 0) is 25.0 Å². The number of likely N-dealkylation sites (tertiary alicyclic amines) is 1. The number of anilines is 1. The smallest absolute Gasteiger partial charge is 0.471 e. The number of benzene rings is 1. The second-order valence-corrected chi connectivity index (χ2v) is 6.74. The number of carbonyl (C=O) groups is 3. The van der Waals surface area contributed by atoms with E-state index in [0.29, 0.717) is 11.4 Å². The first-order chi connectivity index (χ1) is 13.3. The zero-order chi connectivity index (χ0) is 20.3. The van der Waals surface area contributed by atoms with Gasteiger partial charge in [0.15, 0.2) is 6.10 Å². The third-order valence-electron chi connectivity index (χ3n) is 4.81. The van der Waals surface area contributed by atoms with Crippen LogP contribution in [-0.2, 0) is 14.4 Å². The Morgan fingerprint density at radius 1 is 1.21 bits per heavy atom. The number of piperidine rings is 1. The molecule has 3 amide bonds. The number of fused-ring (bicyclic) bond motifs is 1. The van der Waals surface area contributed by atoms with Crippen LogP contribution in [0.25, 0.3) is 0 Å². The van der Waals surface area contributed by atoms with E-state index in [9.17, 15) is 27.6 Å². The zero-order valence-corrected chi connectivity index (χ0v) is 14.9. The van der Waals surface area contributed by atoms with Crippen LogP contribution in [0.3, 0.4) is 0 Å². The van der Waals surface area contributed by atoms with Crippen molar-refractivity contribution in [2.75, 3.05) is 25.0 Å². The minimum atomic E-state index is -4.89. The summed E-state index contributed by atoms with van der Waals surface area (Å²) in [5.74, 6) is -2.37. The molecule has 10 heteroatoms. The van der Waals surface area contributed by atoms with Crippen LogP contribution in [0.15, 0.2) is 24.3 Å². The number of para-hydroxylation sites is 2. The molecule has 2 N–H and O–H groups in total. The van der Waals surface area contributed by atoms with E-state index in [1.807, 2.05) is 0 Å². The third kappa shape index (κ3) is 4.55. The predicted octanol–water partition coefficient (Wildman–Crippen LogP) is 1.69. The summed E-state index contributed by atoms with van der Waals surface area (Å²) >= 11 is 0. The maximum absolute atomic E-state index is 12.4. The lowest BCUT2D eigenvalue weighted by Gasteiger charge is -2.31. The van der Waals surface area contributed by atoms with Crippen LogP contribution in [0.5, 0.6) is 5.75 Å². The number of rotatable bonds is 4. The Morgan fingerprint density at radius 2 is 1.89 bits per heavy atom. The molecule has 28 heavy (non-hydrogen) atoms. The molecule has 1 saturated heterocycles. The molecule has 2 heterocycles. The summed E-state index contributed by atoms with van der Waals surface area (Å²) in [6, 6.07) is 7.01. The van der Waals surface area contributed by atoms with E-state index in [1.165, 1.54) is 0 Å². The van der Waals surface area contributed by atoms with E-state index in [-0.39, 0.29) is 50.7 Å². The highest BCUT2D eigenvalue weighted by Gasteiger charge is 2.43. The average molecular weight is 399 g/mol. The molecule has 1 aromatic carbocycles. The van der Waals surface area contributed by atoms with Crippen LogP contribution in [-0.4, -0.2) is 54.5 Å². The summed E-state index contributed by atoms with van der Waals surface area (Å²) in [5, 5.41) is 5.43. The summed E-state index contributed by atoms with van der Waals surface area (Å²) in [7, 11) is 0. The molecule has 152 valence electrons. The molecule has 1 fully saturated rings. The van der Waals surface area contributed by atoms with Gasteiger partial charge in [0.05, 0.1) is 5.69 Å². The number of alkyl halides is 3. The Bertz CT molecular complexity index is 761. The number of hydrogen-bond donors (Lipinski definition) is 2. The highest BCUT2D eigenvalue weighted by atomic mass is 19.4. The van der Waals surface area contributed by atoms with Crippen molar-refractivity contribution in [1.29, 1.82) is 0 Å².